The molecule has 1 aliphatic rings. The van der Waals surface area contributed by atoms with Crippen LogP contribution in [0, 0.1) is 11.6 Å². The number of benzene rings is 2. The number of hydrogen-bond donors (Lipinski definition) is 1. The maximum atomic E-state index is 15.1. The van der Waals surface area contributed by atoms with Gasteiger partial charge >= 0.3 is 0 Å². The quantitative estimate of drug-likeness (QED) is 0.290. The van der Waals surface area contributed by atoms with Gasteiger partial charge in [0.2, 0.25) is 0 Å². The van der Waals surface area contributed by atoms with Crippen molar-refractivity contribution in [1.29, 1.82) is 0 Å². The molecule has 0 amide bonds. The van der Waals surface area contributed by atoms with E-state index in [0.717, 1.165) is 38.1 Å². The molecule has 0 aliphatic heterocycles. The Morgan fingerprint density at radius 1 is 0.844 bits per heavy atom. The van der Waals surface area contributed by atoms with Gasteiger partial charge in [-0.25, -0.2) is 8.78 Å². The largest absolute Gasteiger partial charge is 0.396 e. The van der Waals surface area contributed by atoms with E-state index >= 15 is 8.78 Å². The van der Waals surface area contributed by atoms with Crippen molar-refractivity contribution in [1.82, 2.24) is 0 Å². The first-order valence-electron chi connectivity index (χ1n) is 12.6. The average Bonchev–Trinajstić information content (AvgIpc) is 2.80. The van der Waals surface area contributed by atoms with Crippen LogP contribution in [0.4, 0.5) is 8.78 Å². The van der Waals surface area contributed by atoms with Crippen molar-refractivity contribution in [3.63, 3.8) is 0 Å². The Kier molecular flexibility index (Phi) is 9.07. The molecule has 0 aromatic heterocycles. The summed E-state index contributed by atoms with van der Waals surface area (Å²) in [5, 5.41) is 9.69. The molecule has 32 heavy (non-hydrogen) atoms. The van der Waals surface area contributed by atoms with Gasteiger partial charge in [0.15, 0.2) is 11.6 Å². The van der Waals surface area contributed by atoms with Gasteiger partial charge in [0.1, 0.15) is 0 Å². The molecule has 0 heterocycles. The van der Waals surface area contributed by atoms with Crippen molar-refractivity contribution in [2.24, 2.45) is 0 Å². The summed E-state index contributed by atoms with van der Waals surface area (Å²) >= 11 is 0. The van der Waals surface area contributed by atoms with E-state index in [1.807, 2.05) is 12.1 Å². The summed E-state index contributed by atoms with van der Waals surface area (Å²) in [4.78, 5) is 0. The van der Waals surface area contributed by atoms with Crippen molar-refractivity contribution >= 4 is 13.3 Å². The molecular weight excluding hydrogens is 418 g/mol. The molecule has 0 unspecified atom stereocenters. The van der Waals surface area contributed by atoms with Gasteiger partial charge in [0, 0.05) is 6.61 Å². The van der Waals surface area contributed by atoms with Crippen LogP contribution >= 0.6 is 0 Å². The van der Waals surface area contributed by atoms with Crippen LogP contribution in [0.25, 0.3) is 0 Å². The maximum absolute atomic E-state index is 15.1. The third kappa shape index (κ3) is 6.08. The number of hydrogen-bond acceptors (Lipinski definition) is 1. The van der Waals surface area contributed by atoms with E-state index in [2.05, 4.69) is 44.3 Å². The summed E-state index contributed by atoms with van der Waals surface area (Å²) in [5.41, 5.74) is 3.36. The number of aryl methyl sites for hydroxylation is 1. The monoisotopic (exact) mass is 458 g/mol. The highest BCUT2D eigenvalue weighted by molar-refractivity contribution is 6.89. The molecular formula is C28H40F2OSi. The van der Waals surface area contributed by atoms with Crippen LogP contribution < -0.4 is 5.19 Å². The topological polar surface area (TPSA) is 20.2 Å². The Bertz CT molecular complexity index is 854. The Hall–Kier alpha value is -1.52. The van der Waals surface area contributed by atoms with E-state index in [0.29, 0.717) is 23.1 Å². The fraction of sp³-hybridized carbons (Fsp3) is 0.571. The maximum Gasteiger partial charge on any atom is 0.162 e. The van der Waals surface area contributed by atoms with Crippen LogP contribution in [0.1, 0.15) is 86.8 Å². The van der Waals surface area contributed by atoms with Crippen molar-refractivity contribution < 1.29 is 13.9 Å². The first kappa shape index (κ1) is 25.1. The summed E-state index contributed by atoms with van der Waals surface area (Å²) in [6.07, 6.45) is 9.45. The molecule has 0 spiro atoms. The number of unbranched alkanes of at least 4 members (excludes halogenated alkanes) is 2. The lowest BCUT2D eigenvalue weighted by Gasteiger charge is -2.30. The second-order valence-electron chi connectivity index (χ2n) is 10.3. The number of aliphatic hydroxyl groups is 1. The first-order valence-corrected chi connectivity index (χ1v) is 15.8. The molecule has 4 heteroatoms. The summed E-state index contributed by atoms with van der Waals surface area (Å²) in [6.45, 7) is 6.44. The number of rotatable bonds is 10. The molecule has 1 saturated carbocycles. The summed E-state index contributed by atoms with van der Waals surface area (Å²) in [7, 11) is -2.09. The second-order valence-corrected chi connectivity index (χ2v) is 15.1. The highest BCUT2D eigenvalue weighted by Gasteiger charge is 2.31. The van der Waals surface area contributed by atoms with Gasteiger partial charge in [0.05, 0.1) is 8.07 Å². The van der Waals surface area contributed by atoms with Gasteiger partial charge in [-0.15, -0.1) is 0 Å². The Morgan fingerprint density at radius 2 is 1.50 bits per heavy atom. The van der Waals surface area contributed by atoms with E-state index in [1.54, 1.807) is 0 Å². The van der Waals surface area contributed by atoms with Crippen LogP contribution in [-0.4, -0.2) is 19.8 Å². The molecule has 1 fully saturated rings. The summed E-state index contributed by atoms with van der Waals surface area (Å²) in [6, 6.07) is 13.5. The minimum Gasteiger partial charge on any atom is -0.396 e. The van der Waals surface area contributed by atoms with Gasteiger partial charge in [-0.05, 0) is 78.7 Å². The van der Waals surface area contributed by atoms with Crippen LogP contribution in [0.3, 0.4) is 0 Å². The lowest BCUT2D eigenvalue weighted by atomic mass is 9.76. The molecule has 3 rings (SSSR count). The van der Waals surface area contributed by atoms with Crippen molar-refractivity contribution in [2.75, 3.05) is 6.61 Å². The van der Waals surface area contributed by atoms with Crippen LogP contribution in [0.15, 0.2) is 36.4 Å². The van der Waals surface area contributed by atoms with E-state index in [4.69, 9.17) is 5.11 Å². The van der Waals surface area contributed by atoms with Gasteiger partial charge in [-0.2, -0.15) is 0 Å². The predicted octanol–water partition coefficient (Wildman–Crippen LogP) is 7.44. The lowest BCUT2D eigenvalue weighted by molar-refractivity contribution is 0.294. The molecule has 0 atom stereocenters. The Balaban J connectivity index is 1.63. The molecule has 1 nitrogen and oxygen atoms in total. The molecule has 176 valence electrons. The normalized spacial score (nSPS) is 19.3. The highest BCUT2D eigenvalue weighted by Crippen LogP contribution is 2.41. The van der Waals surface area contributed by atoms with Crippen LogP contribution in [0.2, 0.25) is 19.1 Å². The molecule has 2 aromatic carbocycles. The fourth-order valence-electron chi connectivity index (χ4n) is 5.33. The molecule has 1 aliphatic carbocycles. The minimum absolute atomic E-state index is 0.101. The molecule has 2 aromatic rings. The fourth-order valence-corrected chi connectivity index (χ4v) is 7.88. The highest BCUT2D eigenvalue weighted by atomic mass is 28.3. The molecule has 1 N–H and O–H groups in total. The zero-order chi connectivity index (χ0) is 23.1. The molecule has 0 radical (unpaired) electrons. The van der Waals surface area contributed by atoms with E-state index in [-0.39, 0.29) is 12.5 Å². The molecule has 0 bridgehead atoms. The number of halogens is 2. The predicted molar refractivity (Wildman–Crippen MR) is 134 cm³/mol. The Morgan fingerprint density at radius 3 is 2.12 bits per heavy atom. The lowest BCUT2D eigenvalue weighted by Crippen LogP contribution is -2.44. The molecule has 0 saturated heterocycles. The van der Waals surface area contributed by atoms with Gasteiger partial charge in [-0.3, -0.25) is 0 Å². The minimum atomic E-state index is -2.09. The summed E-state index contributed by atoms with van der Waals surface area (Å²) < 4.78 is 30.1. The van der Waals surface area contributed by atoms with Crippen LogP contribution in [-0.2, 0) is 6.42 Å². The second kappa shape index (κ2) is 11.6. The first-order chi connectivity index (χ1) is 15.4. The van der Waals surface area contributed by atoms with E-state index in [1.165, 1.54) is 30.4 Å². The van der Waals surface area contributed by atoms with Gasteiger partial charge < -0.3 is 5.11 Å². The van der Waals surface area contributed by atoms with E-state index < -0.39 is 19.7 Å². The summed E-state index contributed by atoms with van der Waals surface area (Å²) in [5.74, 6) is -0.650. The zero-order valence-corrected chi connectivity index (χ0v) is 21.1. The standard InChI is InChI=1S/C28H40F2OSi/c1-4-5-6-8-21-9-11-22(12-10-21)23-13-15-24(16-14-23)25-17-18-26(28(30)27(25)29)32(2,3)20-7-19-31/h9-12,17-18,23-24,31H,4-8,13-16,19-20H2,1-3H3. The van der Waals surface area contributed by atoms with Crippen molar-refractivity contribution in [3.8, 4) is 0 Å². The zero-order valence-electron chi connectivity index (χ0n) is 20.1. The average molecular weight is 459 g/mol. The van der Waals surface area contributed by atoms with Crippen molar-refractivity contribution in [3.05, 3.63) is 64.7 Å². The smallest absolute Gasteiger partial charge is 0.162 e. The Labute approximate surface area is 194 Å². The SMILES string of the molecule is CCCCCc1ccc(C2CCC(c3ccc([Si](C)(C)CCCO)c(F)c3F)CC2)cc1. The van der Waals surface area contributed by atoms with Gasteiger partial charge in [0.25, 0.3) is 0 Å². The number of aliphatic hydroxyl groups excluding tert-OH is 1. The van der Waals surface area contributed by atoms with Crippen molar-refractivity contribution in [2.45, 2.75) is 95.7 Å². The van der Waals surface area contributed by atoms with Gasteiger partial charge in [-0.1, -0.05) is 75.3 Å². The third-order valence-electron chi connectivity index (χ3n) is 7.49. The van der Waals surface area contributed by atoms with E-state index in [9.17, 15) is 0 Å². The van der Waals surface area contributed by atoms with Crippen LogP contribution in [0.5, 0.6) is 0 Å². The third-order valence-corrected chi connectivity index (χ3v) is 10.9.